The highest BCUT2D eigenvalue weighted by Crippen LogP contribution is 2.20. The molecule has 0 aliphatic heterocycles. The number of nitrogens with one attached hydrogen (secondary N) is 1. The first-order valence-electron chi connectivity index (χ1n) is 7.78. The Balaban J connectivity index is 1.64. The number of ether oxygens (including phenoxy) is 1. The smallest absolute Gasteiger partial charge is 0.211 e. The van der Waals surface area contributed by atoms with E-state index in [-0.39, 0.29) is 6.10 Å². The van der Waals surface area contributed by atoms with Crippen LogP contribution in [0.1, 0.15) is 11.3 Å². The predicted octanol–water partition coefficient (Wildman–Crippen LogP) is 3.59. The summed E-state index contributed by atoms with van der Waals surface area (Å²) in [4.78, 5) is 15.9. The number of amides is 1. The highest BCUT2D eigenvalue weighted by molar-refractivity contribution is 7.09. The van der Waals surface area contributed by atoms with Crippen LogP contribution in [-0.4, -0.2) is 22.1 Å². The second-order valence-corrected chi connectivity index (χ2v) is 6.44. The van der Waals surface area contributed by atoms with Gasteiger partial charge in [0.1, 0.15) is 11.9 Å². The molecule has 0 spiro atoms. The van der Waals surface area contributed by atoms with Crippen molar-refractivity contribution in [2.24, 2.45) is 0 Å². The van der Waals surface area contributed by atoms with Crippen molar-refractivity contribution < 1.29 is 9.53 Å². The minimum atomic E-state index is 0.0474. The van der Waals surface area contributed by atoms with E-state index in [1.165, 1.54) is 4.88 Å². The third-order valence-electron chi connectivity index (χ3n) is 3.65. The molecule has 24 heavy (non-hydrogen) atoms. The van der Waals surface area contributed by atoms with Gasteiger partial charge in [-0.3, -0.25) is 4.79 Å². The molecule has 5 nitrogen and oxygen atoms in total. The fourth-order valence-corrected chi connectivity index (χ4v) is 3.19. The SMILES string of the molecule is O=CNc1ccc(OC(CCc2cccs2)Cn2ccnc2)cc1. The van der Waals surface area contributed by atoms with Gasteiger partial charge in [-0.15, -0.1) is 11.3 Å². The van der Waals surface area contributed by atoms with Crippen LogP contribution < -0.4 is 10.1 Å². The summed E-state index contributed by atoms with van der Waals surface area (Å²) < 4.78 is 8.19. The summed E-state index contributed by atoms with van der Waals surface area (Å²) in [7, 11) is 0. The van der Waals surface area contributed by atoms with Crippen molar-refractivity contribution in [3.05, 3.63) is 65.4 Å². The average Bonchev–Trinajstić information content (AvgIpc) is 3.28. The van der Waals surface area contributed by atoms with Gasteiger partial charge < -0.3 is 14.6 Å². The third-order valence-corrected chi connectivity index (χ3v) is 4.59. The van der Waals surface area contributed by atoms with Gasteiger partial charge in [0.2, 0.25) is 6.41 Å². The lowest BCUT2D eigenvalue weighted by atomic mass is 10.1. The van der Waals surface area contributed by atoms with E-state index in [0.717, 1.165) is 30.8 Å². The number of aromatic nitrogens is 2. The fraction of sp³-hybridized carbons (Fsp3) is 0.222. The Morgan fingerprint density at radius 2 is 2.17 bits per heavy atom. The van der Waals surface area contributed by atoms with Crippen LogP contribution >= 0.6 is 11.3 Å². The molecule has 0 saturated carbocycles. The zero-order valence-corrected chi connectivity index (χ0v) is 14.0. The van der Waals surface area contributed by atoms with E-state index in [0.29, 0.717) is 6.41 Å². The Hall–Kier alpha value is -2.60. The van der Waals surface area contributed by atoms with E-state index < -0.39 is 0 Å². The first-order valence-corrected chi connectivity index (χ1v) is 8.66. The van der Waals surface area contributed by atoms with E-state index >= 15 is 0 Å². The summed E-state index contributed by atoms with van der Waals surface area (Å²) >= 11 is 1.77. The van der Waals surface area contributed by atoms with Gasteiger partial charge in [-0.05, 0) is 48.6 Å². The van der Waals surface area contributed by atoms with Crippen LogP contribution in [0, 0.1) is 0 Å². The minimum absolute atomic E-state index is 0.0474. The molecule has 1 aromatic carbocycles. The number of benzene rings is 1. The standard InChI is InChI=1S/C18H19N3O2S/c22-14-20-15-3-5-16(6-4-15)23-17(12-21-10-9-19-13-21)7-8-18-2-1-11-24-18/h1-6,9-11,13-14,17H,7-8,12H2,(H,20,22). The number of anilines is 1. The molecular weight excluding hydrogens is 322 g/mol. The summed E-state index contributed by atoms with van der Waals surface area (Å²) in [5, 5.41) is 4.72. The molecule has 1 unspecified atom stereocenters. The van der Waals surface area contributed by atoms with Crippen LogP contribution in [0.2, 0.25) is 0 Å². The van der Waals surface area contributed by atoms with Gasteiger partial charge in [-0.1, -0.05) is 6.07 Å². The van der Waals surface area contributed by atoms with Gasteiger partial charge in [0.05, 0.1) is 12.9 Å². The Labute approximate surface area is 144 Å². The number of imidazole rings is 1. The third kappa shape index (κ3) is 4.70. The quantitative estimate of drug-likeness (QED) is 0.605. The summed E-state index contributed by atoms with van der Waals surface area (Å²) in [5.74, 6) is 0.794. The lowest BCUT2D eigenvalue weighted by molar-refractivity contribution is -0.105. The van der Waals surface area contributed by atoms with Crippen LogP contribution in [0.25, 0.3) is 0 Å². The topological polar surface area (TPSA) is 56.1 Å². The largest absolute Gasteiger partial charge is 0.489 e. The minimum Gasteiger partial charge on any atom is -0.489 e. The number of aryl methyl sites for hydroxylation is 1. The zero-order valence-electron chi connectivity index (χ0n) is 13.2. The number of rotatable bonds is 9. The molecule has 3 aromatic rings. The highest BCUT2D eigenvalue weighted by atomic mass is 32.1. The molecule has 2 heterocycles. The number of nitrogens with zero attached hydrogens (tertiary/aromatic N) is 2. The summed E-state index contributed by atoms with van der Waals surface area (Å²) in [6.45, 7) is 0.750. The molecular formula is C18H19N3O2S. The van der Waals surface area contributed by atoms with Gasteiger partial charge in [-0.25, -0.2) is 4.98 Å². The second-order valence-electron chi connectivity index (χ2n) is 5.40. The molecule has 0 radical (unpaired) electrons. The van der Waals surface area contributed by atoms with Crippen LogP contribution in [-0.2, 0) is 17.8 Å². The number of carbonyl (C=O) groups is 1. The molecule has 6 heteroatoms. The van der Waals surface area contributed by atoms with Gasteiger partial charge in [-0.2, -0.15) is 0 Å². The molecule has 1 N–H and O–H groups in total. The number of carbonyl (C=O) groups excluding carboxylic acids is 1. The highest BCUT2D eigenvalue weighted by Gasteiger charge is 2.12. The Kier molecular flexibility index (Phi) is 5.63. The van der Waals surface area contributed by atoms with E-state index in [1.54, 1.807) is 23.9 Å². The van der Waals surface area contributed by atoms with Crippen LogP contribution in [0.15, 0.2) is 60.5 Å². The lowest BCUT2D eigenvalue weighted by Crippen LogP contribution is -2.23. The van der Waals surface area contributed by atoms with E-state index in [2.05, 4.69) is 27.8 Å². The van der Waals surface area contributed by atoms with Crippen LogP contribution in [0.3, 0.4) is 0 Å². The van der Waals surface area contributed by atoms with E-state index in [4.69, 9.17) is 4.74 Å². The molecule has 124 valence electrons. The van der Waals surface area contributed by atoms with Gasteiger partial charge in [0, 0.05) is 23.0 Å². The molecule has 1 atom stereocenters. The van der Waals surface area contributed by atoms with Gasteiger partial charge in [0.15, 0.2) is 0 Å². The van der Waals surface area contributed by atoms with E-state index in [9.17, 15) is 4.79 Å². The molecule has 0 aliphatic carbocycles. The maximum Gasteiger partial charge on any atom is 0.211 e. The Morgan fingerprint density at radius 3 is 2.83 bits per heavy atom. The van der Waals surface area contributed by atoms with Gasteiger partial charge >= 0.3 is 0 Å². The van der Waals surface area contributed by atoms with Crippen molar-refractivity contribution in [1.29, 1.82) is 0 Å². The lowest BCUT2D eigenvalue weighted by Gasteiger charge is -2.19. The predicted molar refractivity (Wildman–Crippen MR) is 95.4 cm³/mol. The summed E-state index contributed by atoms with van der Waals surface area (Å²) in [6.07, 6.45) is 8.15. The number of thiophene rings is 1. The molecule has 0 aliphatic rings. The molecule has 0 bridgehead atoms. The average molecular weight is 341 g/mol. The van der Waals surface area contributed by atoms with E-state index in [1.807, 2.05) is 35.0 Å². The Bertz CT molecular complexity index is 724. The van der Waals surface area contributed by atoms with Crippen molar-refractivity contribution in [2.75, 3.05) is 5.32 Å². The van der Waals surface area contributed by atoms with Crippen molar-refractivity contribution in [3.8, 4) is 5.75 Å². The summed E-state index contributed by atoms with van der Waals surface area (Å²) in [5.41, 5.74) is 0.752. The molecule has 0 fully saturated rings. The van der Waals surface area contributed by atoms with Crippen molar-refractivity contribution in [2.45, 2.75) is 25.5 Å². The monoisotopic (exact) mass is 341 g/mol. The zero-order chi connectivity index (χ0) is 16.6. The molecule has 2 aromatic heterocycles. The van der Waals surface area contributed by atoms with Crippen molar-refractivity contribution >= 4 is 23.4 Å². The molecule has 0 saturated heterocycles. The van der Waals surface area contributed by atoms with Gasteiger partial charge in [0.25, 0.3) is 0 Å². The number of hydrogen-bond donors (Lipinski definition) is 1. The first-order chi connectivity index (χ1) is 11.8. The van der Waals surface area contributed by atoms with Crippen LogP contribution in [0.5, 0.6) is 5.75 Å². The normalized spacial score (nSPS) is 11.8. The number of hydrogen-bond acceptors (Lipinski definition) is 4. The van der Waals surface area contributed by atoms with Crippen LogP contribution in [0.4, 0.5) is 5.69 Å². The molecule has 1 amide bonds. The van der Waals surface area contributed by atoms with Crippen molar-refractivity contribution in [1.82, 2.24) is 9.55 Å². The second kappa shape index (κ2) is 8.31. The summed E-state index contributed by atoms with van der Waals surface area (Å²) in [6, 6.07) is 11.6. The fourth-order valence-electron chi connectivity index (χ4n) is 2.47. The molecule has 3 rings (SSSR count). The van der Waals surface area contributed by atoms with Crippen molar-refractivity contribution in [3.63, 3.8) is 0 Å². The Morgan fingerprint density at radius 1 is 1.29 bits per heavy atom. The maximum atomic E-state index is 10.5. The first kappa shape index (κ1) is 16.3. The maximum absolute atomic E-state index is 10.5.